The van der Waals surface area contributed by atoms with Gasteiger partial charge in [-0.1, -0.05) is 36.4 Å². The van der Waals surface area contributed by atoms with Crippen LogP contribution in [0.25, 0.3) is 5.69 Å². The molecule has 0 radical (unpaired) electrons. The van der Waals surface area contributed by atoms with Crippen molar-refractivity contribution in [3.63, 3.8) is 0 Å². The van der Waals surface area contributed by atoms with Gasteiger partial charge in [0.25, 0.3) is 0 Å². The van der Waals surface area contributed by atoms with E-state index in [2.05, 4.69) is 25.3 Å². The second-order valence-electron chi connectivity index (χ2n) is 10.2. The van der Waals surface area contributed by atoms with Gasteiger partial charge in [-0.05, 0) is 70.8 Å². The highest BCUT2D eigenvalue weighted by Gasteiger charge is 2.35. The van der Waals surface area contributed by atoms with E-state index in [1.165, 1.54) is 12.1 Å². The Morgan fingerprint density at radius 3 is 2.35 bits per heavy atom. The number of hydrogen-bond acceptors (Lipinski definition) is 7. The number of halogens is 3. The average molecular weight is 551 g/mol. The second-order valence-corrected chi connectivity index (χ2v) is 10.2. The monoisotopic (exact) mass is 550 g/mol. The lowest BCUT2D eigenvalue weighted by atomic mass is 10.00. The van der Waals surface area contributed by atoms with Gasteiger partial charge >= 0.3 is 6.18 Å². The first-order valence-corrected chi connectivity index (χ1v) is 13.1. The number of piperazine rings is 1. The summed E-state index contributed by atoms with van der Waals surface area (Å²) in [6.45, 7) is 7.64. The van der Waals surface area contributed by atoms with Gasteiger partial charge in [0.05, 0.1) is 17.3 Å². The second kappa shape index (κ2) is 10.5. The van der Waals surface area contributed by atoms with Crippen LogP contribution in [0.1, 0.15) is 39.7 Å². The fourth-order valence-electron chi connectivity index (χ4n) is 5.55. The summed E-state index contributed by atoms with van der Waals surface area (Å²) in [5, 5.41) is 12.6. The van der Waals surface area contributed by atoms with Gasteiger partial charge in [0, 0.05) is 32.7 Å². The quantitative estimate of drug-likeness (QED) is 0.337. The topological polar surface area (TPSA) is 68.5 Å². The molecule has 2 aliphatic heterocycles. The fourth-order valence-corrected chi connectivity index (χ4v) is 5.55. The van der Waals surface area contributed by atoms with Crippen molar-refractivity contribution < 1.29 is 22.6 Å². The molecule has 40 heavy (non-hydrogen) atoms. The number of ether oxygens (including phenoxy) is 2. The number of alkyl halides is 3. The van der Waals surface area contributed by atoms with Crippen LogP contribution in [0.2, 0.25) is 0 Å². The molecular formula is C29H29F3N6O2. The zero-order valence-corrected chi connectivity index (χ0v) is 22.2. The number of benzene rings is 3. The van der Waals surface area contributed by atoms with Crippen LogP contribution < -0.4 is 9.47 Å². The van der Waals surface area contributed by atoms with Crippen molar-refractivity contribution in [2.45, 2.75) is 32.6 Å². The summed E-state index contributed by atoms with van der Waals surface area (Å²) in [7, 11) is 0. The van der Waals surface area contributed by atoms with E-state index in [1.54, 1.807) is 10.7 Å². The molecule has 11 heteroatoms. The molecule has 0 spiro atoms. The highest BCUT2D eigenvalue weighted by molar-refractivity contribution is 5.47. The molecule has 1 aromatic heterocycles. The highest BCUT2D eigenvalue weighted by atomic mass is 19.4. The Kier molecular flexibility index (Phi) is 6.93. The van der Waals surface area contributed by atoms with Crippen LogP contribution in [-0.4, -0.2) is 63.0 Å². The molecule has 1 saturated heterocycles. The number of fused-ring (bicyclic) bond motifs is 1. The zero-order valence-electron chi connectivity index (χ0n) is 22.2. The molecular weight excluding hydrogens is 521 g/mol. The maximum Gasteiger partial charge on any atom is 0.416 e. The van der Waals surface area contributed by atoms with E-state index in [9.17, 15) is 13.2 Å². The summed E-state index contributed by atoms with van der Waals surface area (Å²) in [6.07, 6.45) is -4.46. The Labute approximate surface area is 229 Å². The number of tetrazole rings is 1. The lowest BCUT2D eigenvalue weighted by molar-refractivity contribution is -0.137. The summed E-state index contributed by atoms with van der Waals surface area (Å²) >= 11 is 0. The molecule has 0 bridgehead atoms. The van der Waals surface area contributed by atoms with Crippen LogP contribution in [0.15, 0.2) is 60.7 Å². The van der Waals surface area contributed by atoms with E-state index >= 15 is 0 Å². The third kappa shape index (κ3) is 5.14. The van der Waals surface area contributed by atoms with Crippen molar-refractivity contribution in [2.75, 3.05) is 33.0 Å². The molecule has 3 heterocycles. The Bertz CT molecular complexity index is 1490. The van der Waals surface area contributed by atoms with Gasteiger partial charge in [-0.2, -0.15) is 17.9 Å². The molecule has 8 nitrogen and oxygen atoms in total. The van der Waals surface area contributed by atoms with Crippen molar-refractivity contribution in [2.24, 2.45) is 0 Å². The Balaban J connectivity index is 1.31. The van der Waals surface area contributed by atoms with Crippen molar-refractivity contribution in [1.82, 2.24) is 30.0 Å². The molecule has 0 amide bonds. The summed E-state index contributed by atoms with van der Waals surface area (Å²) in [5.74, 6) is 1.99. The number of rotatable bonds is 6. The number of aromatic nitrogens is 4. The van der Waals surface area contributed by atoms with Crippen LogP contribution in [0, 0.1) is 13.8 Å². The van der Waals surface area contributed by atoms with Crippen molar-refractivity contribution >= 4 is 0 Å². The summed E-state index contributed by atoms with van der Waals surface area (Å²) < 4.78 is 53.8. The predicted molar refractivity (Wildman–Crippen MR) is 141 cm³/mol. The lowest BCUT2D eigenvalue weighted by Crippen LogP contribution is -2.48. The molecule has 0 saturated carbocycles. The first-order valence-electron chi connectivity index (χ1n) is 13.1. The molecule has 1 unspecified atom stereocenters. The Hall–Kier alpha value is -3.96. The van der Waals surface area contributed by atoms with Crippen molar-refractivity contribution in [1.29, 1.82) is 0 Å². The van der Waals surface area contributed by atoms with Crippen LogP contribution in [-0.2, 0) is 12.7 Å². The Morgan fingerprint density at radius 2 is 1.60 bits per heavy atom. The van der Waals surface area contributed by atoms with Gasteiger partial charge in [-0.25, -0.2) is 0 Å². The molecule has 2 aliphatic rings. The van der Waals surface area contributed by atoms with E-state index in [-0.39, 0.29) is 6.79 Å². The minimum atomic E-state index is -4.46. The maximum atomic E-state index is 13.7. The van der Waals surface area contributed by atoms with Crippen molar-refractivity contribution in [3.05, 3.63) is 94.3 Å². The van der Waals surface area contributed by atoms with Gasteiger partial charge in [-0.15, -0.1) is 5.10 Å². The molecule has 6 rings (SSSR count). The largest absolute Gasteiger partial charge is 0.454 e. The Morgan fingerprint density at radius 1 is 0.875 bits per heavy atom. The first-order chi connectivity index (χ1) is 19.3. The van der Waals surface area contributed by atoms with E-state index in [0.29, 0.717) is 24.5 Å². The minimum Gasteiger partial charge on any atom is -0.454 e. The molecule has 1 atom stereocenters. The van der Waals surface area contributed by atoms with Gasteiger partial charge < -0.3 is 9.47 Å². The molecule has 208 valence electrons. The number of nitrogens with zero attached hydrogens (tertiary/aromatic N) is 6. The normalized spacial score (nSPS) is 16.8. The number of aryl methyl sites for hydroxylation is 2. The smallest absolute Gasteiger partial charge is 0.416 e. The van der Waals surface area contributed by atoms with Gasteiger partial charge in [-0.3, -0.25) is 9.80 Å². The number of hydrogen-bond donors (Lipinski definition) is 0. The molecule has 1 fully saturated rings. The summed E-state index contributed by atoms with van der Waals surface area (Å²) in [4.78, 5) is 4.49. The molecule has 0 aliphatic carbocycles. The third-order valence-electron chi connectivity index (χ3n) is 7.53. The summed E-state index contributed by atoms with van der Waals surface area (Å²) in [6, 6.07) is 16.8. The van der Waals surface area contributed by atoms with Gasteiger partial charge in [0.2, 0.25) is 6.79 Å². The van der Waals surface area contributed by atoms with Gasteiger partial charge in [0.15, 0.2) is 17.3 Å². The molecule has 4 aromatic rings. The molecule has 0 N–H and O–H groups in total. The van der Waals surface area contributed by atoms with E-state index < -0.39 is 17.8 Å². The van der Waals surface area contributed by atoms with Crippen LogP contribution in [0.3, 0.4) is 0 Å². The zero-order chi connectivity index (χ0) is 27.9. The first kappa shape index (κ1) is 26.3. The average Bonchev–Trinajstić information content (AvgIpc) is 3.59. The van der Waals surface area contributed by atoms with Crippen LogP contribution >= 0.6 is 0 Å². The van der Waals surface area contributed by atoms with Crippen LogP contribution in [0.4, 0.5) is 13.2 Å². The van der Waals surface area contributed by atoms with Gasteiger partial charge in [0.1, 0.15) is 0 Å². The van der Waals surface area contributed by atoms with E-state index in [1.807, 2.05) is 50.2 Å². The van der Waals surface area contributed by atoms with E-state index in [0.717, 1.165) is 59.6 Å². The van der Waals surface area contributed by atoms with Crippen LogP contribution in [0.5, 0.6) is 11.5 Å². The SMILES string of the molecule is Cc1cccc(C)c1-n1nnnc1C(c1cccc(C(F)(F)F)c1)N1CCN(Cc2ccc3c(c2)OCO3)CC1. The number of para-hydroxylation sites is 1. The minimum absolute atomic E-state index is 0.232. The maximum absolute atomic E-state index is 13.7. The highest BCUT2D eigenvalue weighted by Crippen LogP contribution is 2.36. The third-order valence-corrected chi connectivity index (χ3v) is 7.53. The predicted octanol–water partition coefficient (Wildman–Crippen LogP) is 4.93. The summed E-state index contributed by atoms with van der Waals surface area (Å²) in [5.41, 5.74) is 3.71. The van der Waals surface area contributed by atoms with Crippen molar-refractivity contribution in [3.8, 4) is 17.2 Å². The van der Waals surface area contributed by atoms with E-state index in [4.69, 9.17) is 9.47 Å². The fraction of sp³-hybridized carbons (Fsp3) is 0.345. The lowest BCUT2D eigenvalue weighted by Gasteiger charge is -2.39. The standard InChI is InChI=1S/C29H29F3N6O2/c1-19-5-3-6-20(2)26(19)38-28(33-34-35-38)27(22-7-4-8-23(16-22)29(30,31)32)37-13-11-36(12-14-37)17-21-9-10-24-25(15-21)40-18-39-24/h3-10,15-16,27H,11-14,17-18H2,1-2H3. The molecule has 3 aromatic carbocycles.